The van der Waals surface area contributed by atoms with Crippen molar-refractivity contribution >= 4 is 22.2 Å². The van der Waals surface area contributed by atoms with E-state index in [1.165, 1.54) is 28.1 Å². The highest BCUT2D eigenvalue weighted by atomic mass is 32.1. The molecule has 25 heavy (non-hydrogen) atoms. The van der Waals surface area contributed by atoms with Gasteiger partial charge in [-0.15, -0.1) is 11.3 Å². The Labute approximate surface area is 153 Å². The number of aryl methyl sites for hydroxylation is 3. The van der Waals surface area contributed by atoms with Crippen LogP contribution in [0.15, 0.2) is 29.6 Å². The van der Waals surface area contributed by atoms with Crippen molar-refractivity contribution in [2.45, 2.75) is 34.2 Å². The van der Waals surface area contributed by atoms with E-state index in [4.69, 9.17) is 9.72 Å². The minimum absolute atomic E-state index is 0.715. The van der Waals surface area contributed by atoms with E-state index in [1.807, 2.05) is 0 Å². The summed E-state index contributed by atoms with van der Waals surface area (Å²) < 4.78 is 7.51. The number of hydrogen-bond acceptors (Lipinski definition) is 4. The van der Waals surface area contributed by atoms with Gasteiger partial charge in [0.05, 0.1) is 12.3 Å². The number of hydrogen-bond donors (Lipinski definition) is 1. The van der Waals surface area contributed by atoms with Crippen LogP contribution < -0.4 is 5.32 Å². The number of ether oxygens (including phenoxy) is 1. The Morgan fingerprint density at radius 1 is 1.16 bits per heavy atom. The third kappa shape index (κ3) is 3.78. The van der Waals surface area contributed by atoms with Crippen LogP contribution in [0.3, 0.4) is 0 Å². The van der Waals surface area contributed by atoms with Crippen LogP contribution in [-0.4, -0.2) is 23.3 Å². The molecule has 0 radical (unpaired) electrons. The van der Waals surface area contributed by atoms with Gasteiger partial charge in [-0.1, -0.05) is 12.1 Å². The zero-order valence-corrected chi connectivity index (χ0v) is 16.3. The Hall–Kier alpha value is -2.11. The van der Waals surface area contributed by atoms with Gasteiger partial charge < -0.3 is 14.6 Å². The molecule has 0 saturated heterocycles. The Morgan fingerprint density at radius 2 is 1.96 bits per heavy atom. The fourth-order valence-electron chi connectivity index (χ4n) is 3.03. The first-order chi connectivity index (χ1) is 12.0. The Bertz CT molecular complexity index is 879. The molecule has 4 nitrogen and oxygen atoms in total. The van der Waals surface area contributed by atoms with Crippen molar-refractivity contribution < 1.29 is 4.74 Å². The third-order valence-electron chi connectivity index (χ3n) is 4.51. The minimum atomic E-state index is 0.715. The maximum atomic E-state index is 5.22. The summed E-state index contributed by atoms with van der Waals surface area (Å²) in [4.78, 5) is 4.80. The largest absolute Gasteiger partial charge is 0.383 e. The number of nitrogens with one attached hydrogen (secondary N) is 1. The molecule has 0 unspecified atom stereocenters. The second-order valence-corrected chi connectivity index (χ2v) is 7.27. The first-order valence-corrected chi connectivity index (χ1v) is 9.33. The number of thiazole rings is 1. The highest BCUT2D eigenvalue weighted by Crippen LogP contribution is 2.31. The van der Waals surface area contributed by atoms with Gasteiger partial charge in [0.15, 0.2) is 5.13 Å². The fourth-order valence-corrected chi connectivity index (χ4v) is 3.75. The highest BCUT2D eigenvalue weighted by Gasteiger charge is 2.14. The normalized spacial score (nSPS) is 11.1. The maximum Gasteiger partial charge on any atom is 0.187 e. The van der Waals surface area contributed by atoms with Gasteiger partial charge in [-0.05, 0) is 51.0 Å². The Kier molecular flexibility index (Phi) is 5.25. The molecule has 3 rings (SSSR count). The summed E-state index contributed by atoms with van der Waals surface area (Å²) in [7, 11) is 1.74. The van der Waals surface area contributed by atoms with Crippen molar-refractivity contribution in [1.29, 1.82) is 0 Å². The summed E-state index contributed by atoms with van der Waals surface area (Å²) in [5, 5.41) is 6.50. The van der Waals surface area contributed by atoms with Crippen LogP contribution in [0.4, 0.5) is 10.8 Å². The van der Waals surface area contributed by atoms with Crippen LogP contribution >= 0.6 is 11.3 Å². The Balaban J connectivity index is 1.85. The average molecular weight is 356 g/mol. The molecule has 132 valence electrons. The molecule has 0 saturated carbocycles. The molecule has 2 aromatic heterocycles. The van der Waals surface area contributed by atoms with E-state index in [0.29, 0.717) is 6.61 Å². The van der Waals surface area contributed by atoms with Gasteiger partial charge in [0.2, 0.25) is 0 Å². The second kappa shape index (κ2) is 7.42. The van der Waals surface area contributed by atoms with E-state index >= 15 is 0 Å². The van der Waals surface area contributed by atoms with Crippen molar-refractivity contribution in [3.05, 3.63) is 52.2 Å². The average Bonchev–Trinajstić information content (AvgIpc) is 3.14. The fraction of sp³-hybridized carbons (Fsp3) is 0.350. The second-order valence-electron chi connectivity index (χ2n) is 6.41. The molecule has 0 amide bonds. The van der Waals surface area contributed by atoms with Gasteiger partial charge in [-0.25, -0.2) is 4.98 Å². The van der Waals surface area contributed by atoms with Crippen LogP contribution in [0.1, 0.15) is 22.5 Å². The van der Waals surface area contributed by atoms with E-state index in [9.17, 15) is 0 Å². The molecule has 1 N–H and O–H groups in total. The van der Waals surface area contributed by atoms with Crippen LogP contribution in [0.2, 0.25) is 0 Å². The summed E-state index contributed by atoms with van der Waals surface area (Å²) in [6.45, 7) is 10.1. The molecule has 0 spiro atoms. The summed E-state index contributed by atoms with van der Waals surface area (Å²) >= 11 is 1.64. The van der Waals surface area contributed by atoms with Crippen molar-refractivity contribution in [2.75, 3.05) is 19.0 Å². The zero-order chi connectivity index (χ0) is 18.0. The lowest BCUT2D eigenvalue weighted by Crippen LogP contribution is -2.07. The molecule has 0 bridgehead atoms. The highest BCUT2D eigenvalue weighted by molar-refractivity contribution is 7.14. The van der Waals surface area contributed by atoms with Crippen LogP contribution in [0, 0.1) is 27.7 Å². The molecule has 0 aliphatic carbocycles. The third-order valence-corrected chi connectivity index (χ3v) is 5.27. The molecule has 1 aromatic carbocycles. The van der Waals surface area contributed by atoms with Crippen LogP contribution in [0.25, 0.3) is 11.3 Å². The standard InChI is InChI=1S/C20H25N3OS/c1-13-6-7-14(2)18(10-13)21-20-22-19(12-25-20)17-11-15(3)23(16(17)4)8-9-24-5/h6-7,10-12H,8-9H2,1-5H3,(H,21,22). The SMILES string of the molecule is COCCn1c(C)cc(-c2csc(Nc3cc(C)ccc3C)n2)c1C. The number of methoxy groups -OCH3 is 1. The topological polar surface area (TPSA) is 39.1 Å². The monoisotopic (exact) mass is 355 g/mol. The quantitative estimate of drug-likeness (QED) is 0.657. The first-order valence-electron chi connectivity index (χ1n) is 8.45. The number of aromatic nitrogens is 2. The number of benzene rings is 1. The maximum absolute atomic E-state index is 5.22. The molecule has 0 aliphatic heterocycles. The van der Waals surface area contributed by atoms with Gasteiger partial charge in [0.25, 0.3) is 0 Å². The molecule has 0 atom stereocenters. The summed E-state index contributed by atoms with van der Waals surface area (Å²) in [5.74, 6) is 0. The minimum Gasteiger partial charge on any atom is -0.383 e. The predicted molar refractivity (Wildman–Crippen MR) is 106 cm³/mol. The summed E-state index contributed by atoms with van der Waals surface area (Å²) in [6, 6.07) is 8.63. The lowest BCUT2D eigenvalue weighted by Gasteiger charge is -2.08. The lowest BCUT2D eigenvalue weighted by molar-refractivity contribution is 0.186. The van der Waals surface area contributed by atoms with E-state index in [0.717, 1.165) is 23.1 Å². The molecular formula is C20H25N3OS. The number of rotatable bonds is 6. The molecule has 0 fully saturated rings. The van der Waals surface area contributed by atoms with E-state index in [-0.39, 0.29) is 0 Å². The van der Waals surface area contributed by atoms with Crippen LogP contribution in [-0.2, 0) is 11.3 Å². The van der Waals surface area contributed by atoms with Gasteiger partial charge >= 0.3 is 0 Å². The Morgan fingerprint density at radius 3 is 2.72 bits per heavy atom. The number of anilines is 2. The molecular weight excluding hydrogens is 330 g/mol. The molecule has 0 aliphatic rings. The van der Waals surface area contributed by atoms with Crippen LogP contribution in [0.5, 0.6) is 0 Å². The molecule has 3 aromatic rings. The summed E-state index contributed by atoms with van der Waals surface area (Å²) in [6.07, 6.45) is 0. The van der Waals surface area contributed by atoms with Crippen molar-refractivity contribution in [1.82, 2.24) is 9.55 Å². The van der Waals surface area contributed by atoms with E-state index < -0.39 is 0 Å². The number of nitrogens with zero attached hydrogens (tertiary/aromatic N) is 2. The smallest absolute Gasteiger partial charge is 0.187 e. The van der Waals surface area contributed by atoms with E-state index in [1.54, 1.807) is 18.4 Å². The summed E-state index contributed by atoms with van der Waals surface area (Å²) in [5.41, 5.74) is 8.27. The molecule has 5 heteroatoms. The van der Waals surface area contributed by atoms with Gasteiger partial charge in [0, 0.05) is 41.7 Å². The van der Waals surface area contributed by atoms with Gasteiger partial charge in [-0.2, -0.15) is 0 Å². The van der Waals surface area contributed by atoms with Gasteiger partial charge in [0.1, 0.15) is 0 Å². The van der Waals surface area contributed by atoms with Crippen molar-refractivity contribution in [3.8, 4) is 11.3 Å². The lowest BCUT2D eigenvalue weighted by atomic mass is 10.1. The molecule has 2 heterocycles. The first kappa shape index (κ1) is 17.7. The van der Waals surface area contributed by atoms with Crippen molar-refractivity contribution in [3.63, 3.8) is 0 Å². The predicted octanol–water partition coefficient (Wildman–Crippen LogP) is 5.24. The van der Waals surface area contributed by atoms with Crippen molar-refractivity contribution in [2.24, 2.45) is 0 Å². The zero-order valence-electron chi connectivity index (χ0n) is 15.5. The van der Waals surface area contributed by atoms with E-state index in [2.05, 4.69) is 67.2 Å². The van der Waals surface area contributed by atoms with Gasteiger partial charge in [-0.3, -0.25) is 0 Å².